The molecule has 15 heavy (non-hydrogen) atoms. The molecule has 1 aliphatic heterocycles. The molecule has 0 atom stereocenters. The van der Waals surface area contributed by atoms with Crippen molar-refractivity contribution in [2.75, 3.05) is 24.6 Å². The number of nitrogens with one attached hydrogen (secondary N) is 1. The molecule has 0 unspecified atom stereocenters. The summed E-state index contributed by atoms with van der Waals surface area (Å²) in [5.41, 5.74) is 0. The lowest BCUT2D eigenvalue weighted by Gasteiger charge is -2.21. The molecule has 0 amide bonds. The lowest BCUT2D eigenvalue weighted by molar-refractivity contribution is 0.443. The van der Waals surface area contributed by atoms with E-state index in [0.717, 1.165) is 5.92 Å². The first-order valence-electron chi connectivity index (χ1n) is 6.33. The Hall–Kier alpha value is 0.0500. The summed E-state index contributed by atoms with van der Waals surface area (Å²) < 4.78 is 0. The van der Waals surface area contributed by atoms with Gasteiger partial charge < -0.3 is 5.32 Å². The Morgan fingerprint density at radius 1 is 1.20 bits per heavy atom. The summed E-state index contributed by atoms with van der Waals surface area (Å²) >= 11 is 2.11. The molecule has 0 spiro atoms. The Morgan fingerprint density at radius 2 is 2.00 bits per heavy atom. The normalized spacial score (nSPS) is 17.9. The lowest BCUT2D eigenvalue weighted by atomic mass is 10.0. The van der Waals surface area contributed by atoms with Crippen LogP contribution in [0.3, 0.4) is 0 Å². The zero-order valence-corrected chi connectivity index (χ0v) is 10.7. The van der Waals surface area contributed by atoms with Gasteiger partial charge in [0, 0.05) is 0 Å². The number of rotatable bonds is 8. The van der Waals surface area contributed by atoms with Crippen molar-refractivity contribution < 1.29 is 0 Å². The topological polar surface area (TPSA) is 12.0 Å². The van der Waals surface area contributed by atoms with Crippen molar-refractivity contribution in [2.45, 2.75) is 38.5 Å². The average Bonchev–Trinajstić information content (AvgIpc) is 2.29. The monoisotopic (exact) mass is 227 g/mol. The summed E-state index contributed by atoms with van der Waals surface area (Å²) in [6.45, 7) is 6.20. The fourth-order valence-electron chi connectivity index (χ4n) is 1.97. The van der Waals surface area contributed by atoms with E-state index in [-0.39, 0.29) is 0 Å². The Balaban J connectivity index is 1.81. The quantitative estimate of drug-likeness (QED) is 0.503. The van der Waals surface area contributed by atoms with Crippen LogP contribution in [0.1, 0.15) is 38.5 Å². The maximum Gasteiger partial charge on any atom is -0.00199 e. The van der Waals surface area contributed by atoms with E-state index in [1.165, 1.54) is 63.1 Å². The number of hydrogen-bond acceptors (Lipinski definition) is 2. The molecular formula is C13H25NS. The second-order valence-corrected chi connectivity index (χ2v) is 5.62. The van der Waals surface area contributed by atoms with Crippen molar-refractivity contribution in [1.29, 1.82) is 0 Å². The Bertz CT molecular complexity index is 153. The van der Waals surface area contributed by atoms with Gasteiger partial charge in [-0.15, -0.1) is 6.58 Å². The van der Waals surface area contributed by atoms with Gasteiger partial charge in [-0.25, -0.2) is 0 Å². The van der Waals surface area contributed by atoms with Crippen LogP contribution >= 0.6 is 11.8 Å². The van der Waals surface area contributed by atoms with Gasteiger partial charge in [0.15, 0.2) is 0 Å². The van der Waals surface area contributed by atoms with E-state index < -0.39 is 0 Å². The zero-order valence-electron chi connectivity index (χ0n) is 9.84. The van der Waals surface area contributed by atoms with Gasteiger partial charge in [0.2, 0.25) is 0 Å². The van der Waals surface area contributed by atoms with Gasteiger partial charge in [0.25, 0.3) is 0 Å². The van der Waals surface area contributed by atoms with Gasteiger partial charge in [-0.1, -0.05) is 12.5 Å². The molecule has 2 heteroatoms. The van der Waals surface area contributed by atoms with E-state index in [9.17, 15) is 0 Å². The molecule has 1 N–H and O–H groups in total. The van der Waals surface area contributed by atoms with E-state index >= 15 is 0 Å². The highest BCUT2D eigenvalue weighted by Gasteiger charge is 2.12. The van der Waals surface area contributed by atoms with Crippen molar-refractivity contribution >= 4 is 11.8 Å². The van der Waals surface area contributed by atoms with Gasteiger partial charge in [-0.3, -0.25) is 0 Å². The zero-order chi connectivity index (χ0) is 10.8. The molecular weight excluding hydrogens is 202 g/mol. The summed E-state index contributed by atoms with van der Waals surface area (Å²) in [7, 11) is 0. The van der Waals surface area contributed by atoms with E-state index in [2.05, 4.69) is 23.7 Å². The van der Waals surface area contributed by atoms with Crippen molar-refractivity contribution in [1.82, 2.24) is 5.32 Å². The van der Waals surface area contributed by atoms with E-state index in [0.29, 0.717) is 0 Å². The van der Waals surface area contributed by atoms with E-state index in [1.54, 1.807) is 0 Å². The SMILES string of the molecule is C=CCCCCCNCC1CCSCC1. The van der Waals surface area contributed by atoms with Crippen LogP contribution in [0.5, 0.6) is 0 Å². The van der Waals surface area contributed by atoms with Gasteiger partial charge in [0.1, 0.15) is 0 Å². The van der Waals surface area contributed by atoms with Crippen LogP contribution in [0.15, 0.2) is 12.7 Å². The first-order chi connectivity index (χ1) is 7.43. The fourth-order valence-corrected chi connectivity index (χ4v) is 3.18. The molecule has 0 radical (unpaired) electrons. The fraction of sp³-hybridized carbons (Fsp3) is 0.846. The first kappa shape index (κ1) is 13.1. The van der Waals surface area contributed by atoms with Crippen LogP contribution in [-0.4, -0.2) is 24.6 Å². The maximum absolute atomic E-state index is 3.74. The van der Waals surface area contributed by atoms with E-state index in [4.69, 9.17) is 0 Å². The minimum Gasteiger partial charge on any atom is -0.316 e. The van der Waals surface area contributed by atoms with Gasteiger partial charge in [-0.2, -0.15) is 11.8 Å². The van der Waals surface area contributed by atoms with Crippen LogP contribution in [0.2, 0.25) is 0 Å². The molecule has 0 aromatic carbocycles. The van der Waals surface area contributed by atoms with Crippen molar-refractivity contribution in [3.8, 4) is 0 Å². The number of hydrogen-bond donors (Lipinski definition) is 1. The molecule has 0 aromatic rings. The molecule has 1 saturated heterocycles. The van der Waals surface area contributed by atoms with Crippen molar-refractivity contribution in [3.05, 3.63) is 12.7 Å². The second-order valence-electron chi connectivity index (χ2n) is 4.40. The molecule has 1 nitrogen and oxygen atoms in total. The smallest absolute Gasteiger partial charge is 0.00199 e. The second kappa shape index (κ2) is 9.29. The van der Waals surface area contributed by atoms with Crippen LogP contribution < -0.4 is 5.32 Å². The van der Waals surface area contributed by atoms with Crippen molar-refractivity contribution in [3.63, 3.8) is 0 Å². The summed E-state index contributed by atoms with van der Waals surface area (Å²) in [5.74, 6) is 3.72. The maximum atomic E-state index is 3.74. The predicted octanol–water partition coefficient (Wildman–Crippen LogP) is 3.47. The third-order valence-corrected chi connectivity index (χ3v) is 4.08. The summed E-state index contributed by atoms with van der Waals surface area (Å²) in [6, 6.07) is 0. The molecule has 0 saturated carbocycles. The van der Waals surface area contributed by atoms with Crippen LogP contribution in [0.4, 0.5) is 0 Å². The summed E-state index contributed by atoms with van der Waals surface area (Å²) in [6.07, 6.45) is 10.0. The lowest BCUT2D eigenvalue weighted by Crippen LogP contribution is -2.26. The third-order valence-electron chi connectivity index (χ3n) is 3.04. The highest BCUT2D eigenvalue weighted by atomic mass is 32.2. The van der Waals surface area contributed by atoms with Gasteiger partial charge >= 0.3 is 0 Å². The largest absolute Gasteiger partial charge is 0.316 e. The third kappa shape index (κ3) is 7.02. The Kier molecular flexibility index (Phi) is 8.12. The highest BCUT2D eigenvalue weighted by Crippen LogP contribution is 2.21. The molecule has 0 bridgehead atoms. The molecule has 1 fully saturated rings. The van der Waals surface area contributed by atoms with Crippen LogP contribution in [0, 0.1) is 5.92 Å². The number of thioether (sulfide) groups is 1. The van der Waals surface area contributed by atoms with E-state index in [1.807, 2.05) is 6.08 Å². The molecule has 1 rings (SSSR count). The summed E-state index contributed by atoms with van der Waals surface area (Å²) in [5, 5.41) is 3.60. The predicted molar refractivity (Wildman–Crippen MR) is 71.6 cm³/mol. The molecule has 1 heterocycles. The Labute approximate surface area is 99.1 Å². The number of unbranched alkanes of at least 4 members (excludes halogenated alkanes) is 3. The highest BCUT2D eigenvalue weighted by molar-refractivity contribution is 7.99. The molecule has 0 aliphatic carbocycles. The van der Waals surface area contributed by atoms with Gasteiger partial charge in [0.05, 0.1) is 0 Å². The first-order valence-corrected chi connectivity index (χ1v) is 7.48. The molecule has 88 valence electrons. The number of allylic oxidation sites excluding steroid dienone is 1. The molecule has 0 aromatic heterocycles. The molecule has 1 aliphatic rings. The van der Waals surface area contributed by atoms with Crippen LogP contribution in [-0.2, 0) is 0 Å². The average molecular weight is 227 g/mol. The summed E-state index contributed by atoms with van der Waals surface area (Å²) in [4.78, 5) is 0. The Morgan fingerprint density at radius 3 is 2.73 bits per heavy atom. The van der Waals surface area contributed by atoms with Gasteiger partial charge in [-0.05, 0) is 62.6 Å². The van der Waals surface area contributed by atoms with Crippen LogP contribution in [0.25, 0.3) is 0 Å². The minimum atomic E-state index is 0.958. The van der Waals surface area contributed by atoms with Crippen molar-refractivity contribution in [2.24, 2.45) is 5.92 Å². The standard InChI is InChI=1S/C13H25NS/c1-2-3-4-5-6-9-14-12-13-7-10-15-11-8-13/h2,13-14H,1,3-12H2. The minimum absolute atomic E-state index is 0.958.